The fraction of sp³-hybridized carbons (Fsp3) is 0.278. The van der Waals surface area contributed by atoms with Crippen LogP contribution in [0.4, 0.5) is 0 Å². The smallest absolute Gasteiger partial charge is 0.243 e. The fourth-order valence-electron chi connectivity index (χ4n) is 2.85. The SMILES string of the molecule is O=C(Cc1cccc(Br)c1)N1CCN(S(=O)(=O)c2ccccc2)CC1. The lowest BCUT2D eigenvalue weighted by Gasteiger charge is -2.34. The molecule has 5 nitrogen and oxygen atoms in total. The molecule has 2 aromatic carbocycles. The summed E-state index contributed by atoms with van der Waals surface area (Å²) < 4.78 is 27.6. The minimum Gasteiger partial charge on any atom is -0.340 e. The molecule has 0 N–H and O–H groups in total. The van der Waals surface area contributed by atoms with Crippen molar-refractivity contribution in [3.8, 4) is 0 Å². The molecule has 7 heteroatoms. The average Bonchev–Trinajstić information content (AvgIpc) is 2.62. The molecule has 1 saturated heterocycles. The highest BCUT2D eigenvalue weighted by atomic mass is 79.9. The summed E-state index contributed by atoms with van der Waals surface area (Å²) in [5, 5.41) is 0. The molecule has 0 aliphatic carbocycles. The van der Waals surface area contributed by atoms with Crippen LogP contribution in [0.5, 0.6) is 0 Å². The zero-order valence-corrected chi connectivity index (χ0v) is 16.0. The zero-order valence-electron chi connectivity index (χ0n) is 13.6. The van der Waals surface area contributed by atoms with Crippen LogP contribution in [0.1, 0.15) is 5.56 Å². The van der Waals surface area contributed by atoms with Crippen molar-refractivity contribution in [3.63, 3.8) is 0 Å². The molecule has 132 valence electrons. The normalized spacial score (nSPS) is 16.0. The van der Waals surface area contributed by atoms with E-state index >= 15 is 0 Å². The standard InChI is InChI=1S/C18H19BrN2O3S/c19-16-6-4-5-15(13-16)14-18(22)20-9-11-21(12-10-20)25(23,24)17-7-2-1-3-8-17/h1-8,13H,9-12,14H2. The van der Waals surface area contributed by atoms with Crippen molar-refractivity contribution in [1.29, 1.82) is 0 Å². The predicted octanol–water partition coefficient (Wildman–Crippen LogP) is 2.52. The minimum atomic E-state index is -3.49. The van der Waals surface area contributed by atoms with Crippen molar-refractivity contribution in [1.82, 2.24) is 9.21 Å². The van der Waals surface area contributed by atoms with Gasteiger partial charge in [0.2, 0.25) is 15.9 Å². The second-order valence-corrected chi connectivity index (χ2v) is 8.76. The van der Waals surface area contributed by atoms with E-state index in [0.717, 1.165) is 10.0 Å². The number of halogens is 1. The largest absolute Gasteiger partial charge is 0.340 e. The molecule has 0 bridgehead atoms. The van der Waals surface area contributed by atoms with Crippen LogP contribution in [0, 0.1) is 0 Å². The molecule has 0 saturated carbocycles. The number of sulfonamides is 1. The first-order chi connectivity index (χ1) is 12.0. The van der Waals surface area contributed by atoms with Gasteiger partial charge in [-0.3, -0.25) is 4.79 Å². The van der Waals surface area contributed by atoms with Gasteiger partial charge in [0, 0.05) is 30.7 Å². The first kappa shape index (κ1) is 18.1. The second kappa shape index (κ2) is 7.68. The Morgan fingerprint density at radius 2 is 1.64 bits per heavy atom. The maximum absolute atomic E-state index is 12.6. The van der Waals surface area contributed by atoms with Crippen molar-refractivity contribution in [2.75, 3.05) is 26.2 Å². The van der Waals surface area contributed by atoms with Gasteiger partial charge in [0.15, 0.2) is 0 Å². The molecule has 1 aliphatic heterocycles. The van der Waals surface area contributed by atoms with Gasteiger partial charge < -0.3 is 4.90 Å². The first-order valence-corrected chi connectivity index (χ1v) is 10.3. The second-order valence-electron chi connectivity index (χ2n) is 5.90. The van der Waals surface area contributed by atoms with Gasteiger partial charge in [-0.25, -0.2) is 8.42 Å². The molecule has 0 aromatic heterocycles. The molecule has 25 heavy (non-hydrogen) atoms. The van der Waals surface area contributed by atoms with E-state index in [4.69, 9.17) is 0 Å². The Morgan fingerprint density at radius 3 is 2.28 bits per heavy atom. The van der Waals surface area contributed by atoms with Crippen molar-refractivity contribution < 1.29 is 13.2 Å². The molecular weight excluding hydrogens is 404 g/mol. The Labute approximate surface area is 156 Å². The molecule has 1 aliphatic rings. The van der Waals surface area contributed by atoms with E-state index in [1.807, 2.05) is 24.3 Å². The van der Waals surface area contributed by atoms with Crippen LogP contribution in [0.25, 0.3) is 0 Å². The van der Waals surface area contributed by atoms with Gasteiger partial charge in [0.1, 0.15) is 0 Å². The van der Waals surface area contributed by atoms with Gasteiger partial charge in [-0.05, 0) is 29.8 Å². The molecule has 1 amide bonds. The highest BCUT2D eigenvalue weighted by Crippen LogP contribution is 2.18. The van der Waals surface area contributed by atoms with Crippen LogP contribution < -0.4 is 0 Å². The average molecular weight is 423 g/mol. The molecule has 1 heterocycles. The minimum absolute atomic E-state index is 0.0230. The summed E-state index contributed by atoms with van der Waals surface area (Å²) in [7, 11) is -3.49. The zero-order chi connectivity index (χ0) is 17.9. The van der Waals surface area contributed by atoms with E-state index < -0.39 is 10.0 Å². The maximum Gasteiger partial charge on any atom is 0.243 e. The number of amides is 1. The van der Waals surface area contributed by atoms with Crippen LogP contribution in [-0.2, 0) is 21.2 Å². The van der Waals surface area contributed by atoms with Gasteiger partial charge in [-0.1, -0.05) is 46.3 Å². The number of carbonyl (C=O) groups is 1. The molecule has 0 atom stereocenters. The van der Waals surface area contributed by atoms with Crippen LogP contribution in [0.3, 0.4) is 0 Å². The highest BCUT2D eigenvalue weighted by Gasteiger charge is 2.29. The third-order valence-electron chi connectivity index (χ3n) is 4.22. The number of nitrogens with zero attached hydrogens (tertiary/aromatic N) is 2. The van der Waals surface area contributed by atoms with Crippen LogP contribution in [0.2, 0.25) is 0 Å². The molecule has 0 unspecified atom stereocenters. The number of carbonyl (C=O) groups excluding carboxylic acids is 1. The van der Waals surface area contributed by atoms with E-state index in [0.29, 0.717) is 37.5 Å². The Kier molecular flexibility index (Phi) is 5.56. The Morgan fingerprint density at radius 1 is 0.960 bits per heavy atom. The highest BCUT2D eigenvalue weighted by molar-refractivity contribution is 9.10. The Balaban J connectivity index is 1.61. The summed E-state index contributed by atoms with van der Waals surface area (Å²) in [6, 6.07) is 16.1. The van der Waals surface area contributed by atoms with E-state index in [9.17, 15) is 13.2 Å². The Bertz CT molecular complexity index is 848. The van der Waals surface area contributed by atoms with Crippen molar-refractivity contribution in [2.45, 2.75) is 11.3 Å². The van der Waals surface area contributed by atoms with Gasteiger partial charge in [-0.2, -0.15) is 4.31 Å². The molecule has 3 rings (SSSR count). The quantitative estimate of drug-likeness (QED) is 0.760. The fourth-order valence-corrected chi connectivity index (χ4v) is 4.74. The van der Waals surface area contributed by atoms with E-state index in [1.54, 1.807) is 35.2 Å². The van der Waals surface area contributed by atoms with E-state index in [1.165, 1.54) is 4.31 Å². The summed E-state index contributed by atoms with van der Waals surface area (Å²) in [6.07, 6.45) is 0.324. The van der Waals surface area contributed by atoms with Crippen LogP contribution in [0.15, 0.2) is 64.0 Å². The van der Waals surface area contributed by atoms with Crippen LogP contribution in [-0.4, -0.2) is 49.7 Å². The van der Waals surface area contributed by atoms with Gasteiger partial charge in [0.25, 0.3) is 0 Å². The third-order valence-corrected chi connectivity index (χ3v) is 6.62. The molecule has 0 radical (unpaired) electrons. The van der Waals surface area contributed by atoms with E-state index in [2.05, 4.69) is 15.9 Å². The topological polar surface area (TPSA) is 57.7 Å². The third kappa shape index (κ3) is 4.29. The number of hydrogen-bond acceptors (Lipinski definition) is 3. The number of benzene rings is 2. The van der Waals surface area contributed by atoms with Gasteiger partial charge in [0.05, 0.1) is 11.3 Å². The van der Waals surface area contributed by atoms with Crippen LogP contribution >= 0.6 is 15.9 Å². The molecule has 0 spiro atoms. The van der Waals surface area contributed by atoms with Gasteiger partial charge >= 0.3 is 0 Å². The number of rotatable bonds is 4. The molecule has 1 fully saturated rings. The summed E-state index contributed by atoms with van der Waals surface area (Å²) in [6.45, 7) is 1.47. The molecule has 2 aromatic rings. The predicted molar refractivity (Wildman–Crippen MR) is 99.6 cm³/mol. The lowest BCUT2D eigenvalue weighted by Crippen LogP contribution is -2.50. The lowest BCUT2D eigenvalue weighted by atomic mass is 10.1. The monoisotopic (exact) mass is 422 g/mol. The lowest BCUT2D eigenvalue weighted by molar-refractivity contribution is -0.131. The number of hydrogen-bond donors (Lipinski definition) is 0. The maximum atomic E-state index is 12.6. The van der Waals surface area contributed by atoms with E-state index in [-0.39, 0.29) is 5.91 Å². The van der Waals surface area contributed by atoms with Crippen molar-refractivity contribution in [3.05, 3.63) is 64.6 Å². The summed E-state index contributed by atoms with van der Waals surface area (Å²) in [5.41, 5.74) is 0.943. The molecular formula is C18H19BrN2O3S. The number of piperazine rings is 1. The Hall–Kier alpha value is -1.70. The van der Waals surface area contributed by atoms with Crippen molar-refractivity contribution >= 4 is 31.9 Å². The van der Waals surface area contributed by atoms with Crippen molar-refractivity contribution in [2.24, 2.45) is 0 Å². The summed E-state index contributed by atoms with van der Waals surface area (Å²) in [4.78, 5) is 14.5. The summed E-state index contributed by atoms with van der Waals surface area (Å²) >= 11 is 3.40. The summed E-state index contributed by atoms with van der Waals surface area (Å²) in [5.74, 6) is 0.0230. The van der Waals surface area contributed by atoms with Gasteiger partial charge in [-0.15, -0.1) is 0 Å². The first-order valence-electron chi connectivity index (χ1n) is 8.04.